The molecule has 2 aliphatic rings. The Balaban J connectivity index is 1.13. The molecule has 5 N–H and O–H groups in total. The molecule has 270 valence electrons. The number of hydrogen-bond donors (Lipinski definition) is 4. The molecular formula is C42H53N5O4. The number of Topliss-reactive ketones (excluding diaryl/α,β-unsaturated/α-hetero) is 2. The number of aromatic nitrogens is 2. The first-order valence-corrected chi connectivity index (χ1v) is 18.7. The molecule has 2 saturated carbocycles. The molecule has 9 heteroatoms. The van der Waals surface area contributed by atoms with Gasteiger partial charge in [0.1, 0.15) is 5.78 Å². The number of rotatable bonds is 13. The number of nitrogens with zero attached hydrogens (tertiary/aromatic N) is 1. The Morgan fingerprint density at radius 1 is 0.863 bits per heavy atom. The molecule has 1 atom stereocenters. The van der Waals surface area contributed by atoms with Crippen molar-refractivity contribution in [2.75, 3.05) is 26.0 Å². The quantitative estimate of drug-likeness (QED) is 0.111. The third kappa shape index (κ3) is 8.94. The first-order chi connectivity index (χ1) is 24.6. The van der Waals surface area contributed by atoms with E-state index in [1.807, 2.05) is 30.3 Å². The molecule has 0 radical (unpaired) electrons. The Labute approximate surface area is 300 Å². The van der Waals surface area contributed by atoms with Crippen molar-refractivity contribution >= 4 is 34.1 Å². The number of aromatic amines is 2. The molecule has 1 aromatic heterocycles. The van der Waals surface area contributed by atoms with Gasteiger partial charge in [-0.1, -0.05) is 36.4 Å². The van der Waals surface area contributed by atoms with Crippen molar-refractivity contribution in [2.45, 2.75) is 83.6 Å². The summed E-state index contributed by atoms with van der Waals surface area (Å²) in [6.07, 6.45) is 9.27. The van der Waals surface area contributed by atoms with E-state index in [2.05, 4.69) is 53.6 Å². The third-order valence-corrected chi connectivity index (χ3v) is 11.6. The predicted octanol–water partition coefficient (Wildman–Crippen LogP) is 7.05. The van der Waals surface area contributed by atoms with Gasteiger partial charge in [0.25, 0.3) is 5.56 Å². The van der Waals surface area contributed by atoms with Crippen LogP contribution in [0.25, 0.3) is 22.0 Å². The van der Waals surface area contributed by atoms with Crippen LogP contribution in [0.2, 0.25) is 0 Å². The summed E-state index contributed by atoms with van der Waals surface area (Å²) in [7, 11) is 4.28. The van der Waals surface area contributed by atoms with Crippen molar-refractivity contribution in [1.82, 2.24) is 15.1 Å². The number of H-pyrrole nitrogens is 2. The molecule has 51 heavy (non-hydrogen) atoms. The van der Waals surface area contributed by atoms with Crippen LogP contribution in [0.3, 0.4) is 0 Å². The zero-order valence-electron chi connectivity index (χ0n) is 30.3. The molecule has 3 aromatic carbocycles. The summed E-state index contributed by atoms with van der Waals surface area (Å²) in [6, 6.07) is 19.9. The normalized spacial score (nSPS) is 21.4. The molecular weight excluding hydrogens is 638 g/mol. The summed E-state index contributed by atoms with van der Waals surface area (Å²) >= 11 is 0. The summed E-state index contributed by atoms with van der Waals surface area (Å²) in [5.74, 6) is 0.480. The maximum absolute atomic E-state index is 13.8. The Hall–Kier alpha value is -4.34. The lowest BCUT2D eigenvalue weighted by Gasteiger charge is -2.32. The maximum atomic E-state index is 13.8. The Morgan fingerprint density at radius 2 is 1.57 bits per heavy atom. The maximum Gasteiger partial charge on any atom is 0.271 e. The Kier molecular flexibility index (Phi) is 11.7. The summed E-state index contributed by atoms with van der Waals surface area (Å²) in [6.45, 7) is 2.70. The zero-order valence-corrected chi connectivity index (χ0v) is 30.3. The average molecular weight is 692 g/mol. The SMILES string of the molecule is Cc1cc(C(=O)CC2CCC(N(C)C)CC2)ccc1-c1ccc(C[C@H](CC(=O)C2CCC(CN)CC2)C(=O)Nc2ccc3c(=O)[nH][nH]c3c2)cc1. The predicted molar refractivity (Wildman–Crippen MR) is 204 cm³/mol. The second kappa shape index (κ2) is 16.3. The van der Waals surface area contributed by atoms with Gasteiger partial charge in [0, 0.05) is 42.0 Å². The average Bonchev–Trinajstić information content (AvgIpc) is 3.51. The highest BCUT2D eigenvalue weighted by atomic mass is 16.2. The molecule has 1 heterocycles. The van der Waals surface area contributed by atoms with Crippen LogP contribution in [0.5, 0.6) is 0 Å². The van der Waals surface area contributed by atoms with Gasteiger partial charge >= 0.3 is 0 Å². The number of ketones is 2. The summed E-state index contributed by atoms with van der Waals surface area (Å²) in [5, 5.41) is 8.92. The van der Waals surface area contributed by atoms with Crippen LogP contribution in [-0.2, 0) is 16.0 Å². The highest BCUT2D eigenvalue weighted by Crippen LogP contribution is 2.33. The van der Waals surface area contributed by atoms with Gasteiger partial charge in [-0.2, -0.15) is 0 Å². The van der Waals surface area contributed by atoms with Gasteiger partial charge in [-0.05, 0) is 144 Å². The fourth-order valence-electron chi connectivity index (χ4n) is 8.26. The van der Waals surface area contributed by atoms with Crippen LogP contribution < -0.4 is 16.6 Å². The molecule has 6 rings (SSSR count). The minimum absolute atomic E-state index is 0.0392. The number of hydrogen-bond acceptors (Lipinski definition) is 6. The van der Waals surface area contributed by atoms with Gasteiger partial charge < -0.3 is 16.0 Å². The van der Waals surface area contributed by atoms with Crippen LogP contribution >= 0.6 is 0 Å². The lowest BCUT2D eigenvalue weighted by atomic mass is 9.77. The van der Waals surface area contributed by atoms with E-state index in [4.69, 9.17) is 5.73 Å². The molecule has 2 aliphatic carbocycles. The number of benzene rings is 3. The van der Waals surface area contributed by atoms with E-state index < -0.39 is 5.92 Å². The first kappa shape index (κ1) is 36.5. The molecule has 0 saturated heterocycles. The number of carbonyl (C=O) groups is 3. The minimum Gasteiger partial charge on any atom is -0.330 e. The van der Waals surface area contributed by atoms with Crippen molar-refractivity contribution in [1.29, 1.82) is 0 Å². The number of amides is 1. The van der Waals surface area contributed by atoms with Crippen LogP contribution in [0.4, 0.5) is 5.69 Å². The molecule has 2 fully saturated rings. The van der Waals surface area contributed by atoms with Crippen LogP contribution in [-0.4, -0.2) is 59.3 Å². The first-order valence-electron chi connectivity index (χ1n) is 18.7. The van der Waals surface area contributed by atoms with Gasteiger partial charge in [0.15, 0.2) is 5.78 Å². The van der Waals surface area contributed by atoms with Gasteiger partial charge in [-0.3, -0.25) is 29.4 Å². The molecule has 0 aliphatic heterocycles. The molecule has 4 aromatic rings. The van der Waals surface area contributed by atoms with Crippen molar-refractivity contribution < 1.29 is 14.4 Å². The number of anilines is 1. The van der Waals surface area contributed by atoms with Gasteiger partial charge in [0.2, 0.25) is 5.91 Å². The molecule has 0 spiro atoms. The number of nitrogens with two attached hydrogens (primary N) is 1. The molecule has 0 unspecified atom stereocenters. The Bertz CT molecular complexity index is 1890. The lowest BCUT2D eigenvalue weighted by Crippen LogP contribution is -2.32. The van der Waals surface area contributed by atoms with E-state index in [1.54, 1.807) is 18.2 Å². The second-order valence-corrected chi connectivity index (χ2v) is 15.3. The van der Waals surface area contributed by atoms with E-state index in [9.17, 15) is 19.2 Å². The van der Waals surface area contributed by atoms with Crippen molar-refractivity contribution in [2.24, 2.45) is 29.4 Å². The van der Waals surface area contributed by atoms with Gasteiger partial charge in [0.05, 0.1) is 10.9 Å². The van der Waals surface area contributed by atoms with E-state index in [0.29, 0.717) is 53.9 Å². The monoisotopic (exact) mass is 691 g/mol. The van der Waals surface area contributed by atoms with Gasteiger partial charge in [-0.25, -0.2) is 0 Å². The minimum atomic E-state index is -0.554. The summed E-state index contributed by atoms with van der Waals surface area (Å²) < 4.78 is 0. The number of carbonyl (C=O) groups excluding carboxylic acids is 3. The zero-order chi connectivity index (χ0) is 36.1. The van der Waals surface area contributed by atoms with Crippen molar-refractivity contribution in [3.63, 3.8) is 0 Å². The molecule has 1 amide bonds. The fraction of sp³-hybridized carbons (Fsp3) is 0.476. The summed E-state index contributed by atoms with van der Waals surface area (Å²) in [4.78, 5) is 54.8. The second-order valence-electron chi connectivity index (χ2n) is 15.3. The highest BCUT2D eigenvalue weighted by Gasteiger charge is 2.30. The van der Waals surface area contributed by atoms with Gasteiger partial charge in [-0.15, -0.1) is 0 Å². The van der Waals surface area contributed by atoms with Crippen molar-refractivity contribution in [3.8, 4) is 11.1 Å². The van der Waals surface area contributed by atoms with Crippen molar-refractivity contribution in [3.05, 3.63) is 87.7 Å². The van der Waals surface area contributed by atoms with Crippen LogP contribution in [0.1, 0.15) is 85.7 Å². The van der Waals surface area contributed by atoms with E-state index in [1.165, 1.54) is 0 Å². The highest BCUT2D eigenvalue weighted by molar-refractivity contribution is 5.98. The van der Waals surface area contributed by atoms with Crippen LogP contribution in [0, 0.1) is 30.6 Å². The fourth-order valence-corrected chi connectivity index (χ4v) is 8.26. The topological polar surface area (TPSA) is 141 Å². The number of fused-ring (bicyclic) bond motifs is 1. The molecule has 9 nitrogen and oxygen atoms in total. The van der Waals surface area contributed by atoms with E-state index in [-0.39, 0.29) is 35.4 Å². The van der Waals surface area contributed by atoms with Crippen LogP contribution in [0.15, 0.2) is 65.5 Å². The summed E-state index contributed by atoms with van der Waals surface area (Å²) in [5.41, 5.74) is 11.7. The number of nitrogens with one attached hydrogen (secondary N) is 3. The molecule has 0 bridgehead atoms. The van der Waals surface area contributed by atoms with E-state index >= 15 is 0 Å². The largest absolute Gasteiger partial charge is 0.330 e. The van der Waals surface area contributed by atoms with E-state index in [0.717, 1.165) is 79.2 Å². The smallest absolute Gasteiger partial charge is 0.271 e. The lowest BCUT2D eigenvalue weighted by molar-refractivity contribution is -0.129. The third-order valence-electron chi connectivity index (χ3n) is 11.6. The number of aryl methyl sites for hydroxylation is 1. The standard InChI is InChI=1S/C42H53N5O4/c1-26-20-32(39(48)22-28-8-16-35(17-9-28)47(2)3)14-18-36(26)30-10-4-27(5-11-30)21-33(23-40(49)31-12-6-29(25-43)7-13-31)41(50)44-34-15-19-37-38(24-34)45-46-42(37)51/h4-5,10-11,14-15,18-20,24,28-29,31,33,35H,6-9,12-13,16-17,21-23,25,43H2,1-3H3,(H,44,50)(H2,45,46,51)/t28?,29?,31?,33-,35?/m1/s1. The Morgan fingerprint density at radius 3 is 2.24 bits per heavy atom.